The lowest BCUT2D eigenvalue weighted by Crippen LogP contribution is -2.24. The molecular weight excluding hydrogens is 256 g/mol. The molecule has 0 aliphatic heterocycles. The van der Waals surface area contributed by atoms with Crippen molar-refractivity contribution in [2.45, 2.75) is 19.4 Å². The van der Waals surface area contributed by atoms with Crippen LogP contribution < -0.4 is 10.6 Å². The number of para-hydroxylation sites is 1. The van der Waals surface area contributed by atoms with Gasteiger partial charge in [-0.1, -0.05) is 42.0 Å². The Balaban J connectivity index is 2.07. The normalized spacial score (nSPS) is 17.4. The number of allylic oxidation sites excluding steroid dienone is 1. The van der Waals surface area contributed by atoms with Crippen LogP contribution in [0.1, 0.15) is 12.0 Å². The Morgan fingerprint density at radius 1 is 0.952 bits per heavy atom. The van der Waals surface area contributed by atoms with Gasteiger partial charge in [-0.3, -0.25) is 0 Å². The van der Waals surface area contributed by atoms with Crippen molar-refractivity contribution in [2.24, 2.45) is 5.73 Å². The van der Waals surface area contributed by atoms with E-state index in [1.54, 1.807) is 0 Å². The van der Waals surface area contributed by atoms with Crippen molar-refractivity contribution in [3.05, 3.63) is 84.1 Å². The van der Waals surface area contributed by atoms with Gasteiger partial charge in [-0.15, -0.1) is 0 Å². The van der Waals surface area contributed by atoms with Crippen molar-refractivity contribution in [1.29, 1.82) is 0 Å². The van der Waals surface area contributed by atoms with Crippen molar-refractivity contribution >= 4 is 11.4 Å². The monoisotopic (exact) mass is 276 g/mol. The van der Waals surface area contributed by atoms with E-state index in [4.69, 9.17) is 5.73 Å². The third-order valence-corrected chi connectivity index (χ3v) is 3.65. The van der Waals surface area contributed by atoms with E-state index in [1.165, 1.54) is 5.56 Å². The molecule has 106 valence electrons. The Morgan fingerprint density at radius 2 is 1.62 bits per heavy atom. The summed E-state index contributed by atoms with van der Waals surface area (Å²) in [7, 11) is 0. The maximum atomic E-state index is 6.09. The highest BCUT2D eigenvalue weighted by atomic mass is 15.1. The van der Waals surface area contributed by atoms with Gasteiger partial charge in [-0.05, 0) is 49.8 Å². The third-order valence-electron chi connectivity index (χ3n) is 3.65. The number of hydrogen-bond donors (Lipinski definition) is 1. The predicted octanol–water partition coefficient (Wildman–Crippen LogP) is 4.30. The van der Waals surface area contributed by atoms with Crippen LogP contribution in [0.15, 0.2) is 78.5 Å². The number of hydrogen-bond acceptors (Lipinski definition) is 2. The lowest BCUT2D eigenvalue weighted by Gasteiger charge is -2.28. The van der Waals surface area contributed by atoms with Crippen LogP contribution in [0.3, 0.4) is 0 Å². The van der Waals surface area contributed by atoms with Crippen LogP contribution in [-0.4, -0.2) is 6.04 Å². The first-order valence-electron chi connectivity index (χ1n) is 7.30. The fraction of sp³-hybridized carbons (Fsp3) is 0.158. The van der Waals surface area contributed by atoms with Gasteiger partial charge < -0.3 is 10.6 Å². The van der Waals surface area contributed by atoms with Gasteiger partial charge in [0.25, 0.3) is 0 Å². The summed E-state index contributed by atoms with van der Waals surface area (Å²) in [6.07, 6.45) is 7.33. The minimum atomic E-state index is 0.0849. The maximum absolute atomic E-state index is 6.09. The number of nitrogens with two attached hydrogens (primary N) is 1. The number of nitrogens with zero attached hydrogens (tertiary/aromatic N) is 1. The zero-order valence-corrected chi connectivity index (χ0v) is 12.2. The average Bonchev–Trinajstić information content (AvgIpc) is 2.51. The summed E-state index contributed by atoms with van der Waals surface area (Å²) in [5.41, 5.74) is 10.8. The molecule has 2 N–H and O–H groups in total. The second kappa shape index (κ2) is 5.98. The zero-order chi connectivity index (χ0) is 14.7. The molecule has 2 nitrogen and oxygen atoms in total. The first-order chi connectivity index (χ1) is 10.2. The van der Waals surface area contributed by atoms with Crippen LogP contribution in [0.5, 0.6) is 0 Å². The van der Waals surface area contributed by atoms with Crippen LogP contribution in [0.2, 0.25) is 0 Å². The number of rotatable bonds is 3. The second-order valence-electron chi connectivity index (χ2n) is 5.40. The van der Waals surface area contributed by atoms with Gasteiger partial charge in [0, 0.05) is 23.1 Å². The van der Waals surface area contributed by atoms with Crippen LogP contribution in [0.4, 0.5) is 11.4 Å². The van der Waals surface area contributed by atoms with E-state index >= 15 is 0 Å². The van der Waals surface area contributed by atoms with Gasteiger partial charge in [0.1, 0.15) is 0 Å². The second-order valence-corrected chi connectivity index (χ2v) is 5.40. The topological polar surface area (TPSA) is 29.3 Å². The molecule has 1 unspecified atom stereocenters. The molecule has 0 bridgehead atoms. The number of benzene rings is 2. The van der Waals surface area contributed by atoms with Gasteiger partial charge in [0.2, 0.25) is 0 Å². The van der Waals surface area contributed by atoms with Gasteiger partial charge in [-0.2, -0.15) is 0 Å². The summed E-state index contributed by atoms with van der Waals surface area (Å²) < 4.78 is 0. The molecule has 0 spiro atoms. The quantitative estimate of drug-likeness (QED) is 0.905. The van der Waals surface area contributed by atoms with Crippen LogP contribution in [-0.2, 0) is 0 Å². The van der Waals surface area contributed by atoms with E-state index < -0.39 is 0 Å². The van der Waals surface area contributed by atoms with Crippen LogP contribution >= 0.6 is 0 Å². The highest BCUT2D eigenvalue weighted by molar-refractivity contribution is 5.70. The maximum Gasteiger partial charge on any atom is 0.0461 e. The summed E-state index contributed by atoms with van der Waals surface area (Å²) in [4.78, 5) is 2.24. The molecule has 1 aliphatic rings. The molecule has 1 atom stereocenters. The number of aryl methyl sites for hydroxylation is 1. The third kappa shape index (κ3) is 3.06. The smallest absolute Gasteiger partial charge is 0.0461 e. The molecule has 0 radical (unpaired) electrons. The molecule has 3 rings (SSSR count). The summed E-state index contributed by atoms with van der Waals surface area (Å²) >= 11 is 0. The van der Waals surface area contributed by atoms with E-state index in [-0.39, 0.29) is 6.04 Å². The molecule has 0 fully saturated rings. The Morgan fingerprint density at radius 3 is 2.29 bits per heavy atom. The van der Waals surface area contributed by atoms with Gasteiger partial charge in [0.05, 0.1) is 0 Å². The fourth-order valence-corrected chi connectivity index (χ4v) is 2.56. The SMILES string of the molecule is Cc1ccc(N(C2=CC(N)CC=C2)c2ccccc2)cc1. The van der Waals surface area contributed by atoms with Gasteiger partial charge >= 0.3 is 0 Å². The molecule has 2 aromatic carbocycles. The average molecular weight is 276 g/mol. The van der Waals surface area contributed by atoms with Gasteiger partial charge in [-0.25, -0.2) is 0 Å². The molecule has 0 saturated carbocycles. The van der Waals surface area contributed by atoms with Crippen molar-refractivity contribution in [1.82, 2.24) is 0 Å². The van der Waals surface area contributed by atoms with Crippen molar-refractivity contribution < 1.29 is 0 Å². The fourth-order valence-electron chi connectivity index (χ4n) is 2.56. The molecular formula is C19H20N2. The highest BCUT2D eigenvalue weighted by Gasteiger charge is 2.15. The van der Waals surface area contributed by atoms with E-state index in [9.17, 15) is 0 Å². The Hall–Kier alpha value is -2.32. The minimum Gasteiger partial charge on any atom is -0.324 e. The molecule has 0 saturated heterocycles. The molecule has 2 aromatic rings. The molecule has 0 amide bonds. The van der Waals surface area contributed by atoms with Crippen molar-refractivity contribution in [2.75, 3.05) is 4.90 Å². The summed E-state index contributed by atoms with van der Waals surface area (Å²) in [6.45, 7) is 2.10. The highest BCUT2D eigenvalue weighted by Crippen LogP contribution is 2.31. The summed E-state index contributed by atoms with van der Waals surface area (Å²) in [6, 6.07) is 19.1. The predicted molar refractivity (Wildman–Crippen MR) is 89.6 cm³/mol. The Bertz CT molecular complexity index is 654. The molecule has 1 aliphatic carbocycles. The molecule has 0 aromatic heterocycles. The van der Waals surface area contributed by atoms with Crippen molar-refractivity contribution in [3.8, 4) is 0 Å². The zero-order valence-electron chi connectivity index (χ0n) is 12.2. The summed E-state index contributed by atoms with van der Waals surface area (Å²) in [5.74, 6) is 0. The lowest BCUT2D eigenvalue weighted by molar-refractivity contribution is 0.812. The van der Waals surface area contributed by atoms with Gasteiger partial charge in [0.15, 0.2) is 0 Å². The van der Waals surface area contributed by atoms with E-state index in [1.807, 2.05) is 6.07 Å². The minimum absolute atomic E-state index is 0.0849. The Kier molecular flexibility index (Phi) is 3.89. The Labute approximate surface area is 126 Å². The first-order valence-corrected chi connectivity index (χ1v) is 7.30. The largest absolute Gasteiger partial charge is 0.324 e. The first kappa shape index (κ1) is 13.7. The lowest BCUT2D eigenvalue weighted by atomic mass is 10.1. The van der Waals surface area contributed by atoms with E-state index in [2.05, 4.69) is 78.6 Å². The van der Waals surface area contributed by atoms with Crippen LogP contribution in [0.25, 0.3) is 0 Å². The number of anilines is 2. The van der Waals surface area contributed by atoms with E-state index in [0.29, 0.717) is 0 Å². The van der Waals surface area contributed by atoms with Crippen LogP contribution in [0, 0.1) is 6.92 Å². The summed E-state index contributed by atoms with van der Waals surface area (Å²) in [5, 5.41) is 0. The van der Waals surface area contributed by atoms with Crippen molar-refractivity contribution in [3.63, 3.8) is 0 Å². The molecule has 0 heterocycles. The molecule has 21 heavy (non-hydrogen) atoms. The van der Waals surface area contributed by atoms with E-state index in [0.717, 1.165) is 23.5 Å². The molecule has 2 heteroatoms. The standard InChI is InChI=1S/C19H20N2/c1-15-10-12-18(13-11-15)21(17-7-3-2-4-8-17)19-9-5-6-16(20)14-19/h2-5,7-14,16H,6,20H2,1H3.